The van der Waals surface area contributed by atoms with E-state index in [0.717, 1.165) is 39.1 Å². The number of allylic oxidation sites excluding steroid dienone is 8. The van der Waals surface area contributed by atoms with Crippen LogP contribution in [0.1, 0.15) is 161 Å². The molecular weight excluding hydrogens is 1090 g/mol. The molecule has 87 heavy (non-hydrogen) atoms. The number of aromatic nitrogens is 4. The lowest BCUT2D eigenvalue weighted by atomic mass is 9.84. The number of carbonyl (C=O) groups is 8. The molecule has 0 radical (unpaired) electrons. The largest absolute Gasteiger partial charge is 0.497 e. The Morgan fingerprint density at radius 3 is 1.03 bits per heavy atom. The third kappa shape index (κ3) is 13.3. The molecule has 13 nitrogen and oxygen atoms in total. The summed E-state index contributed by atoms with van der Waals surface area (Å²) in [6, 6.07) is 41.6. The number of hydrogen-bond acceptors (Lipinski definition) is 13. The second-order valence-corrected chi connectivity index (χ2v) is 22.2. The van der Waals surface area contributed by atoms with Crippen LogP contribution in [-0.4, -0.2) is 73.3 Å². The summed E-state index contributed by atoms with van der Waals surface area (Å²) in [5.74, 6) is -0.237. The third-order valence-corrected chi connectivity index (χ3v) is 15.8. The molecule has 0 fully saturated rings. The molecule has 0 spiro atoms. The average molecular weight is 1150 g/mol. The zero-order valence-corrected chi connectivity index (χ0v) is 50.3. The van der Waals surface area contributed by atoms with Crippen LogP contribution in [0.25, 0.3) is 0 Å². The summed E-state index contributed by atoms with van der Waals surface area (Å²) in [6.07, 6.45) is 8.07. The van der Waals surface area contributed by atoms with E-state index in [1.54, 1.807) is 95.9 Å². The van der Waals surface area contributed by atoms with Gasteiger partial charge in [0.05, 0.1) is 29.4 Å². The van der Waals surface area contributed by atoms with Gasteiger partial charge in [0.2, 0.25) is 23.1 Å². The Morgan fingerprint density at radius 2 is 0.632 bits per heavy atom. The average Bonchev–Trinajstić information content (AvgIpc) is 1.51. The second kappa shape index (κ2) is 26.3. The molecule has 13 heteroatoms. The zero-order chi connectivity index (χ0) is 62.4. The number of carbonyl (C=O) groups excluding carboxylic acids is 8. The van der Waals surface area contributed by atoms with Crippen molar-refractivity contribution in [1.82, 2.24) is 19.9 Å². The highest BCUT2D eigenvalue weighted by atomic mass is 16.5. The van der Waals surface area contributed by atoms with Crippen molar-refractivity contribution in [2.45, 2.75) is 88.0 Å². The van der Waals surface area contributed by atoms with Crippen molar-refractivity contribution in [2.24, 2.45) is 0 Å². The van der Waals surface area contributed by atoms with Gasteiger partial charge in [0.15, 0.2) is 23.1 Å². The number of rotatable bonds is 9. The van der Waals surface area contributed by atoms with Crippen LogP contribution in [-0.2, 0) is 25.7 Å². The fourth-order valence-corrected chi connectivity index (χ4v) is 10.7. The van der Waals surface area contributed by atoms with Gasteiger partial charge in [-0.1, -0.05) is 95.6 Å². The summed E-state index contributed by atoms with van der Waals surface area (Å²) in [7, 11) is 1.61. The van der Waals surface area contributed by atoms with Crippen LogP contribution in [0, 0.1) is 34.6 Å². The van der Waals surface area contributed by atoms with E-state index >= 15 is 0 Å². The Balaban J connectivity index is 0.000000138. The molecule has 0 aliphatic heterocycles. The number of ketones is 8. The van der Waals surface area contributed by atoms with Crippen molar-refractivity contribution in [1.29, 1.82) is 0 Å². The fourth-order valence-electron chi connectivity index (χ4n) is 10.7. The first-order chi connectivity index (χ1) is 41.6. The van der Waals surface area contributed by atoms with E-state index in [4.69, 9.17) is 4.74 Å². The molecule has 0 unspecified atom stereocenters. The first-order valence-electron chi connectivity index (χ1n) is 28.4. The van der Waals surface area contributed by atoms with Crippen LogP contribution < -0.4 is 4.74 Å². The van der Waals surface area contributed by atoms with Crippen molar-refractivity contribution >= 4 is 46.3 Å². The Bertz CT molecular complexity index is 4180. The molecular formula is C74H64N4O9. The Morgan fingerprint density at radius 1 is 0.299 bits per heavy atom. The predicted molar refractivity (Wildman–Crippen MR) is 333 cm³/mol. The maximum absolute atomic E-state index is 12.7. The number of fused-ring (bicyclic) bond motifs is 4. The van der Waals surface area contributed by atoms with Gasteiger partial charge in [0.1, 0.15) is 28.5 Å². The third-order valence-electron chi connectivity index (χ3n) is 15.8. The molecule has 434 valence electrons. The minimum Gasteiger partial charge on any atom is -0.497 e. The van der Waals surface area contributed by atoms with E-state index in [0.29, 0.717) is 92.5 Å². The van der Waals surface area contributed by atoms with Crippen LogP contribution in [0.3, 0.4) is 0 Å². The van der Waals surface area contributed by atoms with Crippen LogP contribution in [0.2, 0.25) is 0 Å². The molecule has 12 rings (SSSR count). The topological polar surface area (TPSA) is 197 Å². The standard InChI is InChI=1S/C19H17NO3.C19H17NO2.2C18H15NO2/c1-11-7-13(9-14(8-11)23-3)10-16-12(2)18(21)15-5-4-6-20-17(15)19(16)22;1-11-4-6-14(7-5-11)9-15-13(3)18(21)16-8-12(2)10-20-17(16)19(15)22;1-11-5-7-13(8-6-11)10-15-12(2)17(20)16-14(18(15)21)4-3-9-19-16;1-11-5-7-13(8-6-11)10-15-12(2)17(20)14-4-3-9-19-16(14)18(15)21/h4-9H,10H2,1-3H3;4-8,10H,9H2,1-3H3;2*3-9H,10H2,1-2H3. The zero-order valence-electron chi connectivity index (χ0n) is 50.3. The number of benzene rings is 4. The van der Waals surface area contributed by atoms with E-state index in [1.165, 1.54) is 22.9 Å². The predicted octanol–water partition coefficient (Wildman–Crippen LogP) is 13.6. The van der Waals surface area contributed by atoms with Gasteiger partial charge in [0, 0.05) is 95.1 Å². The molecule has 0 bridgehead atoms. The SMILES string of the molecule is CC1=C(Cc2ccc(C)cc2)C(=O)c2cccnc2C1=O.CC1=C(Cc2ccc(C)cc2)C(=O)c2ncc(C)cc2C1=O.CC1=C(Cc2ccc(C)cc2)C(=O)c2ncccc2C1=O.COc1cc(C)cc(CC2=C(C)C(=O)c3cccnc3C2=O)c1. The van der Waals surface area contributed by atoms with E-state index in [9.17, 15) is 38.4 Å². The maximum Gasteiger partial charge on any atom is 0.208 e. The molecule has 4 aliphatic rings. The molecule has 0 amide bonds. The Kier molecular flexibility index (Phi) is 18.5. The van der Waals surface area contributed by atoms with Crippen molar-refractivity contribution in [3.63, 3.8) is 0 Å². The van der Waals surface area contributed by atoms with Gasteiger partial charge in [-0.2, -0.15) is 0 Å². The number of pyridine rings is 4. The van der Waals surface area contributed by atoms with Gasteiger partial charge in [-0.25, -0.2) is 0 Å². The summed E-state index contributed by atoms with van der Waals surface area (Å²) < 4.78 is 5.28. The van der Waals surface area contributed by atoms with Gasteiger partial charge in [-0.3, -0.25) is 58.3 Å². The summed E-state index contributed by atoms with van der Waals surface area (Å²) >= 11 is 0. The smallest absolute Gasteiger partial charge is 0.208 e. The first kappa shape index (κ1) is 61.2. The highest BCUT2D eigenvalue weighted by molar-refractivity contribution is 6.28. The lowest BCUT2D eigenvalue weighted by Gasteiger charge is -2.18. The highest BCUT2D eigenvalue weighted by Crippen LogP contribution is 2.32. The van der Waals surface area contributed by atoms with Crippen molar-refractivity contribution in [3.8, 4) is 5.75 Å². The number of ether oxygens (including phenoxy) is 1. The quantitative estimate of drug-likeness (QED) is 0.132. The van der Waals surface area contributed by atoms with Crippen molar-refractivity contribution in [3.05, 3.63) is 298 Å². The van der Waals surface area contributed by atoms with E-state index in [-0.39, 0.29) is 69.0 Å². The summed E-state index contributed by atoms with van der Waals surface area (Å²) in [5, 5.41) is 0. The summed E-state index contributed by atoms with van der Waals surface area (Å²) in [6.45, 7) is 16.8. The molecule has 0 saturated heterocycles. The Hall–Kier alpha value is -10.4. The van der Waals surface area contributed by atoms with Gasteiger partial charge in [-0.15, -0.1) is 0 Å². The molecule has 4 heterocycles. The first-order valence-corrected chi connectivity index (χ1v) is 28.4. The molecule has 0 atom stereocenters. The van der Waals surface area contributed by atoms with Gasteiger partial charge >= 0.3 is 0 Å². The fraction of sp³-hybridized carbons (Fsp3) is 0.189. The monoisotopic (exact) mass is 1150 g/mol. The lowest BCUT2D eigenvalue weighted by molar-refractivity contribution is 0.0969. The molecule has 8 aromatic rings. The van der Waals surface area contributed by atoms with E-state index in [1.807, 2.05) is 126 Å². The normalized spacial score (nSPS) is 14.3. The number of Topliss-reactive ketones (excluding diaryl/α,β-unsaturated/α-hetero) is 8. The lowest BCUT2D eigenvalue weighted by Crippen LogP contribution is -2.23. The second-order valence-electron chi connectivity index (χ2n) is 22.2. The minimum atomic E-state index is -0.168. The highest BCUT2D eigenvalue weighted by Gasteiger charge is 2.34. The van der Waals surface area contributed by atoms with Gasteiger partial charge in [0.25, 0.3) is 0 Å². The summed E-state index contributed by atoms with van der Waals surface area (Å²) in [5.41, 5.74) is 16.4. The van der Waals surface area contributed by atoms with Gasteiger partial charge < -0.3 is 4.74 Å². The summed E-state index contributed by atoms with van der Waals surface area (Å²) in [4.78, 5) is 117. The molecule has 4 aromatic carbocycles. The van der Waals surface area contributed by atoms with E-state index < -0.39 is 0 Å². The molecule has 0 N–H and O–H groups in total. The number of methoxy groups -OCH3 is 1. The number of hydrogen-bond donors (Lipinski definition) is 0. The molecule has 4 aliphatic carbocycles. The van der Waals surface area contributed by atoms with Crippen molar-refractivity contribution in [2.75, 3.05) is 7.11 Å². The van der Waals surface area contributed by atoms with E-state index in [2.05, 4.69) is 19.9 Å². The maximum atomic E-state index is 12.7. The molecule has 4 aromatic heterocycles. The Labute approximate surface area is 505 Å². The minimum absolute atomic E-state index is 0.0872. The van der Waals surface area contributed by atoms with Crippen LogP contribution in [0.5, 0.6) is 5.75 Å². The van der Waals surface area contributed by atoms with Crippen LogP contribution in [0.15, 0.2) is 203 Å². The number of aryl methyl sites for hydroxylation is 5. The number of nitrogens with zero attached hydrogens (tertiary/aromatic N) is 4. The van der Waals surface area contributed by atoms with Crippen LogP contribution >= 0.6 is 0 Å². The molecule has 0 saturated carbocycles. The van der Waals surface area contributed by atoms with Crippen molar-refractivity contribution < 1.29 is 43.1 Å². The van der Waals surface area contributed by atoms with Gasteiger partial charge in [-0.05, 0) is 150 Å². The van der Waals surface area contributed by atoms with Crippen LogP contribution in [0.4, 0.5) is 0 Å².